The quantitative estimate of drug-likeness (QED) is 0.709. The van der Waals surface area contributed by atoms with E-state index in [1.807, 2.05) is 13.8 Å². The molecule has 0 radical (unpaired) electrons. The molecule has 2 nitrogen and oxygen atoms in total. The average Bonchev–Trinajstić information content (AvgIpc) is 2.47. The summed E-state index contributed by atoms with van der Waals surface area (Å²) >= 11 is 0. The molecule has 0 N–H and O–H groups in total. The van der Waals surface area contributed by atoms with E-state index in [1.165, 1.54) is 12.1 Å². The summed E-state index contributed by atoms with van der Waals surface area (Å²) in [7, 11) is 0. The largest absolute Gasteiger partial charge is 0.487 e. The van der Waals surface area contributed by atoms with Gasteiger partial charge in [0.25, 0.3) is 5.78 Å². The highest BCUT2D eigenvalue weighted by molar-refractivity contribution is 6.00. The van der Waals surface area contributed by atoms with Gasteiger partial charge in [-0.25, -0.2) is 0 Å². The maximum Gasteiger partial charge on any atom is 0.454 e. The first-order valence-corrected chi connectivity index (χ1v) is 5.12. The summed E-state index contributed by atoms with van der Waals surface area (Å²) in [5.74, 6) is -1.27. The minimum absolute atomic E-state index is 0.336. The Morgan fingerprint density at radius 1 is 1.35 bits per heavy atom. The summed E-state index contributed by atoms with van der Waals surface area (Å²) in [4.78, 5) is 11.1. The number of Topliss-reactive ketones (excluding diaryl/α,β-unsaturated/α-hetero) is 1. The van der Waals surface area contributed by atoms with Gasteiger partial charge in [0.15, 0.2) is 0 Å². The number of hydrogen-bond donors (Lipinski definition) is 0. The van der Waals surface area contributed by atoms with Crippen LogP contribution in [0, 0.1) is 0 Å². The minimum Gasteiger partial charge on any atom is -0.487 e. The van der Waals surface area contributed by atoms with Gasteiger partial charge in [0.2, 0.25) is 0 Å². The second-order valence-corrected chi connectivity index (χ2v) is 4.69. The number of fused-ring (bicyclic) bond motifs is 1. The summed E-state index contributed by atoms with van der Waals surface area (Å²) in [6.07, 6.45) is -4.33. The van der Waals surface area contributed by atoms with Crippen molar-refractivity contribution in [3.63, 3.8) is 0 Å². The molecule has 0 fully saturated rings. The van der Waals surface area contributed by atoms with Crippen LogP contribution in [-0.4, -0.2) is 17.6 Å². The maximum absolute atomic E-state index is 12.3. The zero-order valence-corrected chi connectivity index (χ0v) is 9.39. The number of benzene rings is 1. The van der Waals surface area contributed by atoms with E-state index in [1.54, 1.807) is 0 Å². The van der Waals surface area contributed by atoms with Crippen LogP contribution < -0.4 is 4.74 Å². The van der Waals surface area contributed by atoms with E-state index in [4.69, 9.17) is 4.74 Å². The smallest absolute Gasteiger partial charge is 0.454 e. The summed E-state index contributed by atoms with van der Waals surface area (Å²) in [5.41, 5.74) is -0.120. The number of halogens is 3. The molecule has 1 aliphatic rings. The molecule has 0 aromatic heterocycles. The molecule has 0 spiro atoms. The van der Waals surface area contributed by atoms with E-state index >= 15 is 0 Å². The molecule has 1 heterocycles. The Bertz CT molecular complexity index is 475. The minimum atomic E-state index is -4.83. The fourth-order valence-electron chi connectivity index (χ4n) is 1.91. The van der Waals surface area contributed by atoms with Crippen LogP contribution in [0.1, 0.15) is 29.8 Å². The van der Waals surface area contributed by atoms with Crippen molar-refractivity contribution in [1.29, 1.82) is 0 Å². The molecule has 5 heteroatoms. The SMILES string of the molecule is CC1(C)Cc2cc(C(=O)C(F)(F)F)ccc2O1. The molecule has 2 rings (SSSR count). The standard InChI is InChI=1S/C12H11F3O2/c1-11(2)6-8-5-7(3-4-9(8)17-11)10(16)12(13,14)15/h3-5H,6H2,1-2H3. The van der Waals surface area contributed by atoms with Gasteiger partial charge in [-0.05, 0) is 37.6 Å². The second-order valence-electron chi connectivity index (χ2n) is 4.69. The molecular formula is C12H11F3O2. The van der Waals surface area contributed by atoms with Crippen molar-refractivity contribution in [2.45, 2.75) is 32.0 Å². The zero-order valence-electron chi connectivity index (χ0n) is 9.39. The normalized spacial score (nSPS) is 17.5. The molecule has 0 saturated heterocycles. The summed E-state index contributed by atoms with van der Waals surface area (Å²) < 4.78 is 42.3. The molecule has 0 bridgehead atoms. The third kappa shape index (κ3) is 2.28. The molecule has 0 amide bonds. The van der Waals surface area contributed by atoms with Crippen LogP contribution in [0.15, 0.2) is 18.2 Å². The van der Waals surface area contributed by atoms with Gasteiger partial charge in [0.05, 0.1) is 0 Å². The van der Waals surface area contributed by atoms with Crippen LogP contribution >= 0.6 is 0 Å². The highest BCUT2D eigenvalue weighted by Gasteiger charge is 2.40. The number of hydrogen-bond acceptors (Lipinski definition) is 2. The fraction of sp³-hybridized carbons (Fsp3) is 0.417. The Morgan fingerprint density at radius 3 is 2.59 bits per heavy atom. The van der Waals surface area contributed by atoms with Crippen LogP contribution in [0.2, 0.25) is 0 Å². The molecule has 0 atom stereocenters. The fourth-order valence-corrected chi connectivity index (χ4v) is 1.91. The van der Waals surface area contributed by atoms with Crippen molar-refractivity contribution in [2.24, 2.45) is 0 Å². The molecule has 0 aliphatic carbocycles. The van der Waals surface area contributed by atoms with Crippen molar-refractivity contribution >= 4 is 5.78 Å². The van der Waals surface area contributed by atoms with Crippen LogP contribution in [-0.2, 0) is 6.42 Å². The number of ether oxygens (including phenoxy) is 1. The number of rotatable bonds is 1. The average molecular weight is 244 g/mol. The van der Waals surface area contributed by atoms with Crippen molar-refractivity contribution in [3.05, 3.63) is 29.3 Å². The number of alkyl halides is 3. The van der Waals surface area contributed by atoms with E-state index in [2.05, 4.69) is 0 Å². The Labute approximate surface area is 96.4 Å². The Balaban J connectivity index is 2.35. The van der Waals surface area contributed by atoms with Gasteiger partial charge in [-0.2, -0.15) is 13.2 Å². The van der Waals surface area contributed by atoms with Crippen LogP contribution in [0.5, 0.6) is 5.75 Å². The summed E-state index contributed by atoms with van der Waals surface area (Å²) in [6.45, 7) is 3.69. The maximum atomic E-state index is 12.3. The Hall–Kier alpha value is -1.52. The molecule has 1 aromatic carbocycles. The lowest BCUT2D eigenvalue weighted by atomic mass is 9.99. The van der Waals surface area contributed by atoms with Crippen molar-refractivity contribution in [2.75, 3.05) is 0 Å². The van der Waals surface area contributed by atoms with Gasteiger partial charge < -0.3 is 4.74 Å². The molecule has 0 unspecified atom stereocenters. The van der Waals surface area contributed by atoms with Crippen molar-refractivity contribution < 1.29 is 22.7 Å². The van der Waals surface area contributed by atoms with E-state index in [0.717, 1.165) is 6.07 Å². The van der Waals surface area contributed by atoms with E-state index < -0.39 is 17.6 Å². The van der Waals surface area contributed by atoms with Crippen LogP contribution in [0.4, 0.5) is 13.2 Å². The number of carbonyl (C=O) groups excluding carboxylic acids is 1. The number of ketones is 1. The highest BCUT2D eigenvalue weighted by atomic mass is 19.4. The third-order valence-corrected chi connectivity index (χ3v) is 2.58. The molecule has 1 aliphatic heterocycles. The first-order chi connectivity index (χ1) is 7.69. The molecule has 0 saturated carbocycles. The van der Waals surface area contributed by atoms with Gasteiger partial charge >= 0.3 is 6.18 Å². The highest BCUT2D eigenvalue weighted by Crippen LogP contribution is 2.36. The summed E-state index contributed by atoms with van der Waals surface area (Å²) in [5, 5.41) is 0. The Morgan fingerprint density at radius 2 is 2.00 bits per heavy atom. The molecule has 1 aromatic rings. The van der Waals surface area contributed by atoms with Gasteiger partial charge in [-0.3, -0.25) is 4.79 Å². The predicted molar refractivity (Wildman–Crippen MR) is 55.2 cm³/mol. The summed E-state index contributed by atoms with van der Waals surface area (Å²) in [6, 6.07) is 3.83. The lowest BCUT2D eigenvalue weighted by molar-refractivity contribution is -0.0885. The third-order valence-electron chi connectivity index (χ3n) is 2.58. The monoisotopic (exact) mass is 244 g/mol. The molecule has 92 valence electrons. The molecular weight excluding hydrogens is 233 g/mol. The number of carbonyl (C=O) groups is 1. The van der Waals surface area contributed by atoms with E-state index in [-0.39, 0.29) is 5.56 Å². The first-order valence-electron chi connectivity index (χ1n) is 5.12. The molecule has 17 heavy (non-hydrogen) atoms. The van der Waals surface area contributed by atoms with Gasteiger partial charge in [-0.15, -0.1) is 0 Å². The van der Waals surface area contributed by atoms with Gasteiger partial charge in [0, 0.05) is 12.0 Å². The van der Waals surface area contributed by atoms with Gasteiger partial charge in [-0.1, -0.05) is 0 Å². The topological polar surface area (TPSA) is 26.3 Å². The Kier molecular flexibility index (Phi) is 2.45. The van der Waals surface area contributed by atoms with Crippen LogP contribution in [0.25, 0.3) is 0 Å². The first kappa shape index (κ1) is 12.0. The van der Waals surface area contributed by atoms with Crippen molar-refractivity contribution in [1.82, 2.24) is 0 Å². The lowest BCUT2D eigenvalue weighted by Gasteiger charge is -2.16. The van der Waals surface area contributed by atoms with Crippen LogP contribution in [0.3, 0.4) is 0 Å². The van der Waals surface area contributed by atoms with E-state index in [9.17, 15) is 18.0 Å². The predicted octanol–water partition coefficient (Wildman–Crippen LogP) is 3.15. The zero-order chi connectivity index (χ0) is 12.8. The van der Waals surface area contributed by atoms with Gasteiger partial charge in [0.1, 0.15) is 11.4 Å². The second kappa shape index (κ2) is 3.48. The lowest BCUT2D eigenvalue weighted by Crippen LogP contribution is -2.24. The van der Waals surface area contributed by atoms with E-state index in [0.29, 0.717) is 17.7 Å². The van der Waals surface area contributed by atoms with Crippen molar-refractivity contribution in [3.8, 4) is 5.75 Å².